The van der Waals surface area contributed by atoms with Crippen molar-refractivity contribution < 1.29 is 4.79 Å². The molecule has 4 aromatic rings. The zero-order chi connectivity index (χ0) is 33.3. The monoisotopic (exact) mass is 679 g/mol. The van der Waals surface area contributed by atoms with E-state index in [0.29, 0.717) is 18.8 Å². The van der Waals surface area contributed by atoms with Crippen LogP contribution < -0.4 is 5.32 Å². The molecular formula is C42H53N3OS2. The first-order valence-electron chi connectivity index (χ1n) is 17.9. The van der Waals surface area contributed by atoms with E-state index >= 15 is 0 Å². The second-order valence-electron chi connectivity index (χ2n) is 12.9. The standard InChI is InChI=1S/C42H53N3OS2/c46-41(43-27-33-47)35-45(29-16-2-1-15-28-44-30-25-37(26-31-44)36-17-7-3-8-18-36)32-34-48-42(38-19-9-4-10-20-38,39-21-11-5-12-22-39)40-23-13-6-14-24-40/h3-14,17-24,37,47H,1-2,15-16,25-35H2,(H,43,46). The Hall–Kier alpha value is -3.03. The zero-order valence-corrected chi connectivity index (χ0v) is 30.1. The lowest BCUT2D eigenvalue weighted by atomic mass is 9.84. The number of thiol groups is 1. The number of unbranched alkanes of at least 4 members (excludes halogenated alkanes) is 3. The summed E-state index contributed by atoms with van der Waals surface area (Å²) < 4.78 is -0.348. The number of amides is 1. The van der Waals surface area contributed by atoms with Crippen LogP contribution in [0.1, 0.15) is 66.7 Å². The van der Waals surface area contributed by atoms with Crippen LogP contribution in [-0.4, -0.2) is 73.0 Å². The van der Waals surface area contributed by atoms with Gasteiger partial charge >= 0.3 is 0 Å². The van der Waals surface area contributed by atoms with Crippen LogP contribution in [-0.2, 0) is 9.54 Å². The van der Waals surface area contributed by atoms with Crippen molar-refractivity contribution in [1.82, 2.24) is 15.1 Å². The van der Waals surface area contributed by atoms with Gasteiger partial charge in [-0.25, -0.2) is 0 Å². The summed E-state index contributed by atoms with van der Waals surface area (Å²) >= 11 is 6.26. The Bertz CT molecular complexity index is 1350. The average molecular weight is 680 g/mol. The van der Waals surface area contributed by atoms with E-state index in [4.69, 9.17) is 0 Å². The Kier molecular flexibility index (Phi) is 15.0. The Morgan fingerprint density at radius 3 is 1.79 bits per heavy atom. The van der Waals surface area contributed by atoms with Gasteiger partial charge in [0, 0.05) is 24.6 Å². The molecule has 48 heavy (non-hydrogen) atoms. The molecule has 1 amide bonds. The number of rotatable bonds is 19. The van der Waals surface area contributed by atoms with E-state index < -0.39 is 0 Å². The number of nitrogens with zero attached hydrogens (tertiary/aromatic N) is 2. The van der Waals surface area contributed by atoms with Crippen molar-refractivity contribution in [2.24, 2.45) is 0 Å². The van der Waals surface area contributed by atoms with Gasteiger partial charge < -0.3 is 10.2 Å². The summed E-state index contributed by atoms with van der Waals surface area (Å²) in [5, 5.41) is 3.04. The smallest absolute Gasteiger partial charge is 0.234 e. The van der Waals surface area contributed by atoms with Gasteiger partial charge in [-0.05, 0) is 80.0 Å². The first-order chi connectivity index (χ1) is 23.7. The molecule has 0 unspecified atom stereocenters. The highest BCUT2D eigenvalue weighted by Gasteiger charge is 2.36. The maximum atomic E-state index is 12.9. The van der Waals surface area contributed by atoms with Gasteiger partial charge in [-0.3, -0.25) is 9.69 Å². The minimum absolute atomic E-state index is 0.0911. The van der Waals surface area contributed by atoms with Gasteiger partial charge in [0.15, 0.2) is 0 Å². The Morgan fingerprint density at radius 2 is 1.25 bits per heavy atom. The van der Waals surface area contributed by atoms with E-state index in [2.05, 4.69) is 149 Å². The summed E-state index contributed by atoms with van der Waals surface area (Å²) in [7, 11) is 0. The molecule has 0 aromatic heterocycles. The minimum atomic E-state index is -0.348. The highest BCUT2D eigenvalue weighted by molar-refractivity contribution is 8.00. The molecule has 0 saturated carbocycles. The summed E-state index contributed by atoms with van der Waals surface area (Å²) in [5.74, 6) is 2.36. The largest absolute Gasteiger partial charge is 0.354 e. The van der Waals surface area contributed by atoms with Crippen LogP contribution in [0.15, 0.2) is 121 Å². The van der Waals surface area contributed by atoms with Crippen LogP contribution in [0.3, 0.4) is 0 Å². The normalized spacial score (nSPS) is 14.3. The Labute approximate surface area is 299 Å². The van der Waals surface area contributed by atoms with Crippen molar-refractivity contribution >= 4 is 30.3 Å². The lowest BCUT2D eigenvalue weighted by Crippen LogP contribution is -2.40. The number of hydrogen-bond acceptors (Lipinski definition) is 5. The number of nitrogens with one attached hydrogen (secondary N) is 1. The van der Waals surface area contributed by atoms with Crippen molar-refractivity contribution in [3.63, 3.8) is 0 Å². The molecule has 4 nitrogen and oxygen atoms in total. The maximum Gasteiger partial charge on any atom is 0.234 e. The van der Waals surface area contributed by atoms with E-state index in [1.54, 1.807) is 0 Å². The highest BCUT2D eigenvalue weighted by Crippen LogP contribution is 2.48. The van der Waals surface area contributed by atoms with Gasteiger partial charge in [0.25, 0.3) is 0 Å². The maximum absolute atomic E-state index is 12.9. The third-order valence-corrected chi connectivity index (χ3v) is 11.4. The average Bonchev–Trinajstić information content (AvgIpc) is 3.15. The van der Waals surface area contributed by atoms with Crippen LogP contribution in [0.5, 0.6) is 0 Å². The van der Waals surface area contributed by atoms with E-state index in [-0.39, 0.29) is 10.7 Å². The lowest BCUT2D eigenvalue weighted by Gasteiger charge is -2.36. The van der Waals surface area contributed by atoms with E-state index in [0.717, 1.165) is 31.2 Å². The van der Waals surface area contributed by atoms with Crippen molar-refractivity contribution in [1.29, 1.82) is 0 Å². The predicted octanol–water partition coefficient (Wildman–Crippen LogP) is 8.50. The minimum Gasteiger partial charge on any atom is -0.354 e. The molecule has 1 fully saturated rings. The zero-order valence-electron chi connectivity index (χ0n) is 28.4. The van der Waals surface area contributed by atoms with Crippen LogP contribution in [0.4, 0.5) is 0 Å². The molecule has 6 heteroatoms. The van der Waals surface area contributed by atoms with Gasteiger partial charge in [-0.1, -0.05) is 134 Å². The first kappa shape index (κ1) is 36.3. The van der Waals surface area contributed by atoms with E-state index in [1.807, 2.05) is 11.8 Å². The Balaban J connectivity index is 1.15. The molecule has 0 atom stereocenters. The molecule has 1 N–H and O–H groups in total. The van der Waals surface area contributed by atoms with Crippen molar-refractivity contribution in [2.45, 2.75) is 49.2 Å². The third kappa shape index (κ3) is 10.5. The Morgan fingerprint density at radius 1 is 0.729 bits per heavy atom. The van der Waals surface area contributed by atoms with Crippen molar-refractivity contribution in [3.8, 4) is 0 Å². The molecule has 1 saturated heterocycles. The molecule has 5 rings (SSSR count). The lowest BCUT2D eigenvalue weighted by molar-refractivity contribution is -0.122. The van der Waals surface area contributed by atoms with Gasteiger partial charge in [0.2, 0.25) is 5.91 Å². The van der Waals surface area contributed by atoms with Gasteiger partial charge in [0.05, 0.1) is 11.3 Å². The van der Waals surface area contributed by atoms with Crippen molar-refractivity contribution in [2.75, 3.05) is 57.3 Å². The van der Waals surface area contributed by atoms with Gasteiger partial charge in [0.1, 0.15) is 0 Å². The molecule has 254 valence electrons. The quantitative estimate of drug-likeness (QED) is 0.0592. The molecule has 0 spiro atoms. The SMILES string of the molecule is O=C(CN(CCCCCCN1CCC(c2ccccc2)CC1)CCSC(c1ccccc1)(c1ccccc1)c1ccccc1)NCCS. The third-order valence-electron chi connectivity index (χ3n) is 9.63. The van der Waals surface area contributed by atoms with Gasteiger partial charge in [-0.15, -0.1) is 11.8 Å². The summed E-state index contributed by atoms with van der Waals surface area (Å²) in [4.78, 5) is 17.9. The van der Waals surface area contributed by atoms with Crippen LogP contribution in [0.25, 0.3) is 0 Å². The topological polar surface area (TPSA) is 35.6 Å². The number of likely N-dealkylation sites (tertiary alicyclic amines) is 1. The van der Waals surface area contributed by atoms with Crippen LogP contribution >= 0.6 is 24.4 Å². The number of thioether (sulfide) groups is 1. The van der Waals surface area contributed by atoms with Crippen LogP contribution in [0.2, 0.25) is 0 Å². The second kappa shape index (κ2) is 19.8. The molecule has 0 radical (unpaired) electrons. The molecule has 1 heterocycles. The first-order valence-corrected chi connectivity index (χ1v) is 19.5. The van der Waals surface area contributed by atoms with E-state index in [9.17, 15) is 4.79 Å². The fraction of sp³-hybridized carbons (Fsp3) is 0.405. The highest BCUT2D eigenvalue weighted by atomic mass is 32.2. The summed E-state index contributed by atoms with van der Waals surface area (Å²) in [6, 6.07) is 43.7. The number of benzene rings is 4. The van der Waals surface area contributed by atoms with Gasteiger partial charge in [-0.2, -0.15) is 12.6 Å². The van der Waals surface area contributed by atoms with Crippen LogP contribution in [0, 0.1) is 0 Å². The van der Waals surface area contributed by atoms with E-state index in [1.165, 1.54) is 74.0 Å². The summed E-state index contributed by atoms with van der Waals surface area (Å²) in [6.45, 7) is 6.45. The number of carbonyl (C=O) groups is 1. The molecule has 1 aliphatic heterocycles. The van der Waals surface area contributed by atoms with Crippen molar-refractivity contribution in [3.05, 3.63) is 144 Å². The number of carbonyl (C=O) groups excluding carboxylic acids is 1. The molecule has 0 aliphatic carbocycles. The fourth-order valence-electron chi connectivity index (χ4n) is 7.06. The molecule has 4 aromatic carbocycles. The fourth-order valence-corrected chi connectivity index (χ4v) is 8.74. The molecule has 0 bridgehead atoms. The second-order valence-corrected chi connectivity index (χ2v) is 14.7. The summed E-state index contributed by atoms with van der Waals surface area (Å²) in [6.07, 6.45) is 7.35. The molecule has 1 aliphatic rings. The summed E-state index contributed by atoms with van der Waals surface area (Å²) in [5.41, 5.74) is 5.32. The molecular weight excluding hydrogens is 627 g/mol. The number of piperidine rings is 1. The number of hydrogen-bond donors (Lipinski definition) is 2. The predicted molar refractivity (Wildman–Crippen MR) is 208 cm³/mol.